The highest BCUT2D eigenvalue weighted by Gasteiger charge is 1.87. The van der Waals surface area contributed by atoms with Gasteiger partial charge in [0.05, 0.1) is 0 Å². The van der Waals surface area contributed by atoms with Gasteiger partial charge in [0, 0.05) is 12.4 Å². The Balaban J connectivity index is 0.000000354. The molecule has 0 aliphatic carbocycles. The van der Waals surface area contributed by atoms with Gasteiger partial charge in [0.1, 0.15) is 0 Å². The fourth-order valence-corrected chi connectivity index (χ4v) is 0.615. The molecule has 0 bridgehead atoms. The molecule has 0 amide bonds. The maximum Gasteiger partial charge on any atom is 0.290 e. The molecule has 3 heteroatoms. The van der Waals surface area contributed by atoms with Crippen molar-refractivity contribution in [1.29, 1.82) is 0 Å². The first-order valence-electron chi connectivity index (χ1n) is 3.36. The van der Waals surface area contributed by atoms with Gasteiger partial charge in [0.2, 0.25) is 0 Å². The van der Waals surface area contributed by atoms with Crippen LogP contribution < -0.4 is 0 Å². The van der Waals surface area contributed by atoms with Gasteiger partial charge in [0.25, 0.3) is 6.47 Å². The van der Waals surface area contributed by atoms with Crippen LogP contribution in [0.4, 0.5) is 0 Å². The zero-order valence-electron chi connectivity index (χ0n) is 6.90. The summed E-state index contributed by atoms with van der Waals surface area (Å²) in [6, 6.07) is 3.90. The van der Waals surface area contributed by atoms with Crippen molar-refractivity contribution in [2.75, 3.05) is 0 Å². The molecule has 1 heterocycles. The number of aromatic nitrogens is 1. The Kier molecular flexibility index (Phi) is 5.26. The van der Waals surface area contributed by atoms with Crippen molar-refractivity contribution in [3.05, 3.63) is 36.7 Å². The lowest BCUT2D eigenvalue weighted by Crippen LogP contribution is -1.76. The van der Waals surface area contributed by atoms with Crippen LogP contribution in [0.1, 0.15) is 12.5 Å². The van der Waals surface area contributed by atoms with E-state index in [0.717, 1.165) is 11.1 Å². The van der Waals surface area contributed by atoms with Gasteiger partial charge < -0.3 is 5.11 Å². The summed E-state index contributed by atoms with van der Waals surface area (Å²) in [5.74, 6) is 0. The average Bonchev–Trinajstić information content (AvgIpc) is 2.07. The minimum Gasteiger partial charge on any atom is -0.483 e. The van der Waals surface area contributed by atoms with Crippen molar-refractivity contribution >= 4 is 12.0 Å². The van der Waals surface area contributed by atoms with E-state index in [-0.39, 0.29) is 6.47 Å². The van der Waals surface area contributed by atoms with Crippen molar-refractivity contribution in [3.8, 4) is 0 Å². The Labute approximate surface area is 71.4 Å². The van der Waals surface area contributed by atoms with E-state index in [1.54, 1.807) is 6.20 Å². The van der Waals surface area contributed by atoms with Crippen molar-refractivity contribution in [1.82, 2.24) is 4.98 Å². The molecule has 0 aromatic carbocycles. The van der Waals surface area contributed by atoms with Crippen LogP contribution in [0.2, 0.25) is 0 Å². The topological polar surface area (TPSA) is 50.2 Å². The van der Waals surface area contributed by atoms with Crippen molar-refractivity contribution in [2.24, 2.45) is 0 Å². The standard InChI is InChI=1S/C8H9N.CH2O2/c1-7(2)8-4-3-5-9-6-8;2-1-3/h3-6H,1H2,2H3;1H,(H,2,3). The van der Waals surface area contributed by atoms with E-state index in [2.05, 4.69) is 11.6 Å². The van der Waals surface area contributed by atoms with Crippen LogP contribution in [0.25, 0.3) is 5.57 Å². The Morgan fingerprint density at radius 3 is 2.58 bits per heavy atom. The highest BCUT2D eigenvalue weighted by Crippen LogP contribution is 2.06. The molecule has 0 fully saturated rings. The lowest BCUT2D eigenvalue weighted by Gasteiger charge is -1.93. The molecule has 64 valence electrons. The molecule has 0 radical (unpaired) electrons. The normalized spacial score (nSPS) is 7.75. The van der Waals surface area contributed by atoms with Crippen LogP contribution in [-0.2, 0) is 4.79 Å². The Bertz CT molecular complexity index is 244. The van der Waals surface area contributed by atoms with E-state index in [0.29, 0.717) is 0 Å². The summed E-state index contributed by atoms with van der Waals surface area (Å²) in [5.41, 5.74) is 2.17. The molecule has 0 spiro atoms. The van der Waals surface area contributed by atoms with Gasteiger partial charge in [-0.1, -0.05) is 12.6 Å². The number of hydrogen-bond acceptors (Lipinski definition) is 2. The molecule has 3 nitrogen and oxygen atoms in total. The quantitative estimate of drug-likeness (QED) is 0.645. The summed E-state index contributed by atoms with van der Waals surface area (Å²) in [7, 11) is 0. The van der Waals surface area contributed by atoms with Crippen LogP contribution in [0.3, 0.4) is 0 Å². The highest BCUT2D eigenvalue weighted by atomic mass is 16.3. The van der Waals surface area contributed by atoms with Gasteiger partial charge in [-0.05, 0) is 24.1 Å². The predicted octanol–water partition coefficient (Wildman–Crippen LogP) is 1.82. The lowest BCUT2D eigenvalue weighted by atomic mass is 10.2. The smallest absolute Gasteiger partial charge is 0.290 e. The van der Waals surface area contributed by atoms with Gasteiger partial charge in [-0.3, -0.25) is 9.78 Å². The molecule has 0 aliphatic heterocycles. The van der Waals surface area contributed by atoms with E-state index in [4.69, 9.17) is 9.90 Å². The third-order valence-corrected chi connectivity index (χ3v) is 1.15. The Morgan fingerprint density at radius 1 is 1.75 bits per heavy atom. The summed E-state index contributed by atoms with van der Waals surface area (Å²) in [5, 5.41) is 6.89. The number of hydrogen-bond donors (Lipinski definition) is 1. The van der Waals surface area contributed by atoms with E-state index in [1.165, 1.54) is 0 Å². The summed E-state index contributed by atoms with van der Waals surface area (Å²) >= 11 is 0. The highest BCUT2D eigenvalue weighted by molar-refractivity contribution is 5.59. The molecule has 1 N–H and O–H groups in total. The molecule has 0 aliphatic rings. The molecular formula is C9H11NO2. The molecule has 1 aromatic rings. The second kappa shape index (κ2) is 6.09. The largest absolute Gasteiger partial charge is 0.483 e. The number of allylic oxidation sites excluding steroid dienone is 1. The van der Waals surface area contributed by atoms with Crippen LogP contribution in [0.5, 0.6) is 0 Å². The predicted molar refractivity (Wildman–Crippen MR) is 47.6 cm³/mol. The molecule has 0 atom stereocenters. The Morgan fingerprint density at radius 2 is 2.33 bits per heavy atom. The lowest BCUT2D eigenvalue weighted by molar-refractivity contribution is -0.122. The van der Waals surface area contributed by atoms with Crippen LogP contribution >= 0.6 is 0 Å². The van der Waals surface area contributed by atoms with E-state index < -0.39 is 0 Å². The summed E-state index contributed by atoms with van der Waals surface area (Å²) in [6.07, 6.45) is 3.56. The SMILES string of the molecule is C=C(C)c1cccnc1.O=CO. The van der Waals surface area contributed by atoms with E-state index in [1.807, 2.05) is 25.3 Å². The van der Waals surface area contributed by atoms with Crippen LogP contribution in [0, 0.1) is 0 Å². The first kappa shape index (κ1) is 10.4. The fraction of sp³-hybridized carbons (Fsp3) is 0.111. The third kappa shape index (κ3) is 4.22. The van der Waals surface area contributed by atoms with Gasteiger partial charge in [-0.15, -0.1) is 0 Å². The second-order valence-corrected chi connectivity index (χ2v) is 2.13. The molecule has 0 saturated heterocycles. The number of carbonyl (C=O) groups is 1. The molecular weight excluding hydrogens is 154 g/mol. The van der Waals surface area contributed by atoms with Gasteiger partial charge >= 0.3 is 0 Å². The maximum atomic E-state index is 8.36. The number of pyridine rings is 1. The summed E-state index contributed by atoms with van der Waals surface area (Å²) in [4.78, 5) is 12.3. The molecule has 12 heavy (non-hydrogen) atoms. The minimum absolute atomic E-state index is 0.250. The Hall–Kier alpha value is -1.64. The molecule has 0 saturated carbocycles. The zero-order valence-corrected chi connectivity index (χ0v) is 6.90. The van der Waals surface area contributed by atoms with Crippen molar-refractivity contribution < 1.29 is 9.90 Å². The van der Waals surface area contributed by atoms with E-state index >= 15 is 0 Å². The van der Waals surface area contributed by atoms with Crippen LogP contribution in [-0.4, -0.2) is 16.6 Å². The van der Waals surface area contributed by atoms with Crippen LogP contribution in [0.15, 0.2) is 31.1 Å². The van der Waals surface area contributed by atoms with Gasteiger partial charge in [-0.2, -0.15) is 0 Å². The first-order chi connectivity index (χ1) is 5.72. The van der Waals surface area contributed by atoms with Gasteiger partial charge in [-0.25, -0.2) is 0 Å². The molecule has 0 unspecified atom stereocenters. The fourth-order valence-electron chi connectivity index (χ4n) is 0.615. The summed E-state index contributed by atoms with van der Waals surface area (Å²) < 4.78 is 0. The molecule has 1 aromatic heterocycles. The van der Waals surface area contributed by atoms with E-state index in [9.17, 15) is 0 Å². The zero-order chi connectivity index (χ0) is 9.40. The van der Waals surface area contributed by atoms with Crippen molar-refractivity contribution in [3.63, 3.8) is 0 Å². The second-order valence-electron chi connectivity index (χ2n) is 2.13. The van der Waals surface area contributed by atoms with Gasteiger partial charge in [0.15, 0.2) is 0 Å². The number of rotatable bonds is 1. The monoisotopic (exact) mass is 165 g/mol. The van der Waals surface area contributed by atoms with Crippen molar-refractivity contribution in [2.45, 2.75) is 6.92 Å². The summed E-state index contributed by atoms with van der Waals surface area (Å²) in [6.45, 7) is 5.50. The first-order valence-corrected chi connectivity index (χ1v) is 3.36. The number of carboxylic acid groups (broad SMARTS) is 1. The third-order valence-electron chi connectivity index (χ3n) is 1.15. The average molecular weight is 165 g/mol. The molecule has 1 rings (SSSR count). The number of nitrogens with zero attached hydrogens (tertiary/aromatic N) is 1. The minimum atomic E-state index is -0.250. The maximum absolute atomic E-state index is 8.36.